The SMILES string of the molecule is CN(C1CCNC1)S(=O)(=O)c1cc(F)ccc1F. The van der Waals surface area contributed by atoms with Crippen molar-refractivity contribution in [1.82, 2.24) is 9.62 Å². The molecule has 1 saturated heterocycles. The molecule has 0 amide bonds. The molecule has 1 N–H and O–H groups in total. The summed E-state index contributed by atoms with van der Waals surface area (Å²) in [6, 6.07) is 2.20. The van der Waals surface area contributed by atoms with Crippen LogP contribution in [0.25, 0.3) is 0 Å². The Bertz CT molecular complexity index is 542. The quantitative estimate of drug-likeness (QED) is 0.894. The van der Waals surface area contributed by atoms with Crippen LogP contribution in [0.15, 0.2) is 23.1 Å². The Morgan fingerprint density at radius 1 is 1.39 bits per heavy atom. The number of benzene rings is 1. The van der Waals surface area contributed by atoms with Gasteiger partial charge in [-0.05, 0) is 31.2 Å². The van der Waals surface area contributed by atoms with E-state index in [1.807, 2.05) is 0 Å². The fraction of sp³-hybridized carbons (Fsp3) is 0.455. The molecule has 1 heterocycles. The van der Waals surface area contributed by atoms with Crippen LogP contribution in [0.5, 0.6) is 0 Å². The maximum Gasteiger partial charge on any atom is 0.246 e. The van der Waals surface area contributed by atoms with E-state index in [4.69, 9.17) is 0 Å². The molecule has 0 aliphatic carbocycles. The van der Waals surface area contributed by atoms with Crippen LogP contribution in [0.3, 0.4) is 0 Å². The molecule has 0 aromatic heterocycles. The molecular formula is C11H14F2N2O2S. The molecule has 1 unspecified atom stereocenters. The molecule has 1 aromatic carbocycles. The number of hydrogen-bond donors (Lipinski definition) is 1. The third-order valence-corrected chi connectivity index (χ3v) is 5.02. The molecule has 0 radical (unpaired) electrons. The first-order valence-electron chi connectivity index (χ1n) is 5.57. The number of nitrogens with zero attached hydrogens (tertiary/aromatic N) is 1. The van der Waals surface area contributed by atoms with Crippen molar-refractivity contribution in [1.29, 1.82) is 0 Å². The molecule has 1 aliphatic rings. The summed E-state index contributed by atoms with van der Waals surface area (Å²) in [6.07, 6.45) is 0.659. The van der Waals surface area contributed by atoms with Crippen molar-refractivity contribution in [3.8, 4) is 0 Å². The van der Waals surface area contributed by atoms with E-state index in [1.165, 1.54) is 7.05 Å². The molecule has 0 spiro atoms. The largest absolute Gasteiger partial charge is 0.315 e. The fourth-order valence-corrected chi connectivity index (χ4v) is 3.43. The highest BCUT2D eigenvalue weighted by atomic mass is 32.2. The first-order valence-corrected chi connectivity index (χ1v) is 7.01. The van der Waals surface area contributed by atoms with Crippen molar-refractivity contribution in [2.45, 2.75) is 17.4 Å². The smallest absolute Gasteiger partial charge is 0.246 e. The van der Waals surface area contributed by atoms with Gasteiger partial charge in [-0.15, -0.1) is 0 Å². The van der Waals surface area contributed by atoms with Gasteiger partial charge in [0, 0.05) is 19.6 Å². The number of nitrogens with one attached hydrogen (secondary N) is 1. The van der Waals surface area contributed by atoms with Crippen molar-refractivity contribution in [3.63, 3.8) is 0 Å². The van der Waals surface area contributed by atoms with Crippen LogP contribution in [-0.4, -0.2) is 38.9 Å². The van der Waals surface area contributed by atoms with Crippen LogP contribution in [0.4, 0.5) is 8.78 Å². The van der Waals surface area contributed by atoms with Gasteiger partial charge >= 0.3 is 0 Å². The van der Waals surface area contributed by atoms with Gasteiger partial charge in [0.2, 0.25) is 10.0 Å². The van der Waals surface area contributed by atoms with Crippen LogP contribution in [0.2, 0.25) is 0 Å². The van der Waals surface area contributed by atoms with Crippen LogP contribution in [0.1, 0.15) is 6.42 Å². The lowest BCUT2D eigenvalue weighted by atomic mass is 10.3. The van der Waals surface area contributed by atoms with Crippen LogP contribution in [0, 0.1) is 11.6 Å². The first-order chi connectivity index (χ1) is 8.43. The molecule has 1 atom stereocenters. The molecule has 1 aliphatic heterocycles. The van der Waals surface area contributed by atoms with E-state index >= 15 is 0 Å². The molecule has 1 fully saturated rings. The van der Waals surface area contributed by atoms with Gasteiger partial charge in [-0.25, -0.2) is 17.2 Å². The molecule has 0 bridgehead atoms. The zero-order valence-electron chi connectivity index (χ0n) is 9.86. The average Bonchev–Trinajstić information content (AvgIpc) is 2.84. The molecule has 7 heteroatoms. The number of rotatable bonds is 3. The maximum atomic E-state index is 13.5. The Balaban J connectivity index is 2.37. The molecule has 0 saturated carbocycles. The zero-order chi connectivity index (χ0) is 13.3. The minimum Gasteiger partial charge on any atom is -0.315 e. The summed E-state index contributed by atoms with van der Waals surface area (Å²) in [5.74, 6) is -1.71. The van der Waals surface area contributed by atoms with Gasteiger partial charge in [0.1, 0.15) is 16.5 Å². The van der Waals surface area contributed by atoms with Crippen molar-refractivity contribution in [2.75, 3.05) is 20.1 Å². The Morgan fingerprint density at radius 2 is 2.11 bits per heavy atom. The van der Waals surface area contributed by atoms with E-state index in [1.54, 1.807) is 0 Å². The minimum absolute atomic E-state index is 0.224. The standard InChI is InChI=1S/C11H14F2N2O2S/c1-15(9-4-5-14-7-9)18(16,17)11-6-8(12)2-3-10(11)13/h2-3,6,9,14H,4-5,7H2,1H3. The number of likely N-dealkylation sites (N-methyl/N-ethyl adjacent to an activating group) is 1. The van der Waals surface area contributed by atoms with E-state index in [0.717, 1.165) is 23.0 Å². The Hall–Kier alpha value is -1.05. The van der Waals surface area contributed by atoms with Gasteiger partial charge in [0.05, 0.1) is 0 Å². The highest BCUT2D eigenvalue weighted by Crippen LogP contribution is 2.22. The van der Waals surface area contributed by atoms with E-state index in [-0.39, 0.29) is 6.04 Å². The summed E-state index contributed by atoms with van der Waals surface area (Å²) in [5, 5.41) is 3.03. The highest BCUT2D eigenvalue weighted by Gasteiger charge is 2.32. The third-order valence-electron chi connectivity index (χ3n) is 3.10. The van der Waals surface area contributed by atoms with E-state index in [0.29, 0.717) is 19.0 Å². The second kappa shape index (κ2) is 4.91. The number of halogens is 2. The van der Waals surface area contributed by atoms with Gasteiger partial charge in [-0.2, -0.15) is 4.31 Å². The summed E-state index contributed by atoms with van der Waals surface area (Å²) in [4.78, 5) is -0.614. The van der Waals surface area contributed by atoms with Crippen molar-refractivity contribution < 1.29 is 17.2 Å². The van der Waals surface area contributed by atoms with Gasteiger partial charge < -0.3 is 5.32 Å². The Kier molecular flexibility index (Phi) is 3.65. The predicted molar refractivity (Wildman–Crippen MR) is 62.6 cm³/mol. The monoisotopic (exact) mass is 276 g/mol. The molecule has 2 rings (SSSR count). The topological polar surface area (TPSA) is 49.4 Å². The first kappa shape index (κ1) is 13.4. The van der Waals surface area contributed by atoms with Gasteiger partial charge in [0.25, 0.3) is 0 Å². The van der Waals surface area contributed by atoms with Gasteiger partial charge in [-0.3, -0.25) is 0 Å². The minimum atomic E-state index is -4.00. The van der Waals surface area contributed by atoms with Gasteiger partial charge in [-0.1, -0.05) is 0 Å². The Labute approximate surface area is 105 Å². The van der Waals surface area contributed by atoms with Crippen molar-refractivity contribution in [3.05, 3.63) is 29.8 Å². The summed E-state index contributed by atoms with van der Waals surface area (Å²) in [5.41, 5.74) is 0. The van der Waals surface area contributed by atoms with Gasteiger partial charge in [0.15, 0.2) is 0 Å². The van der Waals surface area contributed by atoms with E-state index < -0.39 is 26.6 Å². The lowest BCUT2D eigenvalue weighted by molar-refractivity contribution is 0.384. The second-order valence-corrected chi connectivity index (χ2v) is 6.21. The summed E-state index contributed by atoms with van der Waals surface area (Å²) in [7, 11) is -2.61. The third kappa shape index (κ3) is 2.38. The Morgan fingerprint density at radius 3 is 2.72 bits per heavy atom. The van der Waals surface area contributed by atoms with Crippen molar-refractivity contribution >= 4 is 10.0 Å². The van der Waals surface area contributed by atoms with E-state index in [2.05, 4.69) is 5.32 Å². The molecule has 4 nitrogen and oxygen atoms in total. The fourth-order valence-electron chi connectivity index (χ4n) is 1.98. The van der Waals surface area contributed by atoms with Crippen molar-refractivity contribution in [2.24, 2.45) is 0 Å². The molecule has 1 aromatic rings. The predicted octanol–water partition coefficient (Wildman–Crippen LogP) is 0.947. The average molecular weight is 276 g/mol. The summed E-state index contributed by atoms with van der Waals surface area (Å²) >= 11 is 0. The van der Waals surface area contributed by atoms with Crippen LogP contribution >= 0.6 is 0 Å². The maximum absolute atomic E-state index is 13.5. The van der Waals surface area contributed by atoms with Crippen LogP contribution < -0.4 is 5.32 Å². The lowest BCUT2D eigenvalue weighted by Crippen LogP contribution is -2.38. The van der Waals surface area contributed by atoms with Crippen LogP contribution in [-0.2, 0) is 10.0 Å². The lowest BCUT2D eigenvalue weighted by Gasteiger charge is -2.23. The molecule has 100 valence electrons. The number of hydrogen-bond acceptors (Lipinski definition) is 3. The summed E-state index contributed by atoms with van der Waals surface area (Å²) in [6.45, 7) is 1.24. The zero-order valence-corrected chi connectivity index (χ0v) is 10.7. The molecular weight excluding hydrogens is 262 g/mol. The number of sulfonamides is 1. The highest BCUT2D eigenvalue weighted by molar-refractivity contribution is 7.89. The second-order valence-electron chi connectivity index (χ2n) is 4.24. The molecule has 18 heavy (non-hydrogen) atoms. The normalized spacial score (nSPS) is 20.6. The summed E-state index contributed by atoms with van der Waals surface area (Å²) < 4.78 is 52.1. The van der Waals surface area contributed by atoms with E-state index in [9.17, 15) is 17.2 Å².